The first-order chi connectivity index (χ1) is 10.2. The first-order valence-electron chi connectivity index (χ1n) is 8.68. The van der Waals surface area contributed by atoms with Crippen molar-refractivity contribution in [3.8, 4) is 0 Å². The topological polar surface area (TPSA) is 29.3 Å². The second-order valence-electron chi connectivity index (χ2n) is 7.39. The Bertz CT molecular complexity index is 434. The van der Waals surface area contributed by atoms with Crippen LogP contribution in [0.25, 0.3) is 0 Å². The molecule has 21 heavy (non-hydrogen) atoms. The van der Waals surface area contributed by atoms with E-state index >= 15 is 0 Å². The Kier molecular flexibility index (Phi) is 4.66. The van der Waals surface area contributed by atoms with Crippen LogP contribution in [0.1, 0.15) is 44.6 Å². The lowest BCUT2D eigenvalue weighted by Crippen LogP contribution is -2.45. The van der Waals surface area contributed by atoms with Crippen molar-refractivity contribution in [2.75, 3.05) is 19.6 Å². The maximum absolute atomic E-state index is 6.09. The van der Waals surface area contributed by atoms with E-state index in [2.05, 4.69) is 49.1 Å². The average molecular weight is 286 g/mol. The van der Waals surface area contributed by atoms with Crippen LogP contribution in [0.15, 0.2) is 30.3 Å². The van der Waals surface area contributed by atoms with Gasteiger partial charge in [0.2, 0.25) is 0 Å². The molecular weight excluding hydrogens is 256 g/mol. The van der Waals surface area contributed by atoms with E-state index in [1.54, 1.807) is 0 Å². The van der Waals surface area contributed by atoms with Crippen LogP contribution >= 0.6 is 0 Å². The Morgan fingerprint density at radius 3 is 2.33 bits per heavy atom. The minimum absolute atomic E-state index is 0.696. The van der Waals surface area contributed by atoms with Gasteiger partial charge in [-0.3, -0.25) is 4.90 Å². The van der Waals surface area contributed by atoms with Gasteiger partial charge in [-0.1, -0.05) is 44.2 Å². The van der Waals surface area contributed by atoms with Gasteiger partial charge in [0.25, 0.3) is 0 Å². The number of benzene rings is 1. The van der Waals surface area contributed by atoms with Crippen molar-refractivity contribution in [2.45, 2.75) is 45.1 Å². The van der Waals surface area contributed by atoms with Gasteiger partial charge >= 0.3 is 0 Å². The third-order valence-electron chi connectivity index (χ3n) is 6.02. The zero-order valence-corrected chi connectivity index (χ0v) is 13.5. The summed E-state index contributed by atoms with van der Waals surface area (Å²) in [6, 6.07) is 11.8. The molecule has 1 aromatic rings. The van der Waals surface area contributed by atoms with Crippen molar-refractivity contribution < 1.29 is 0 Å². The van der Waals surface area contributed by atoms with Crippen molar-refractivity contribution in [1.82, 2.24) is 4.90 Å². The Morgan fingerprint density at radius 1 is 1.05 bits per heavy atom. The molecular formula is C19H30N2. The van der Waals surface area contributed by atoms with Crippen LogP contribution in [-0.4, -0.2) is 30.6 Å². The Balaban J connectivity index is 1.73. The lowest BCUT2D eigenvalue weighted by Gasteiger charge is -2.41. The van der Waals surface area contributed by atoms with Crippen molar-refractivity contribution in [1.29, 1.82) is 0 Å². The highest BCUT2D eigenvalue weighted by Gasteiger charge is 2.38. The predicted octanol–water partition coefficient (Wildman–Crippen LogP) is 3.49. The SMILES string of the molecule is CC1CN(C2CC(c3ccccc3)CCC2CN)CC1C. The molecule has 1 saturated heterocycles. The highest BCUT2D eigenvalue weighted by atomic mass is 15.2. The fourth-order valence-electron chi connectivity index (χ4n) is 4.40. The van der Waals surface area contributed by atoms with Crippen LogP contribution in [0.5, 0.6) is 0 Å². The number of hydrogen-bond acceptors (Lipinski definition) is 2. The van der Waals surface area contributed by atoms with E-state index in [9.17, 15) is 0 Å². The highest BCUT2D eigenvalue weighted by Crippen LogP contribution is 2.40. The second-order valence-corrected chi connectivity index (χ2v) is 7.39. The lowest BCUT2D eigenvalue weighted by molar-refractivity contribution is 0.116. The second kappa shape index (κ2) is 6.50. The van der Waals surface area contributed by atoms with Crippen LogP contribution in [0.2, 0.25) is 0 Å². The molecule has 1 heterocycles. The normalized spacial score (nSPS) is 37.8. The van der Waals surface area contributed by atoms with Crippen LogP contribution < -0.4 is 5.73 Å². The smallest absolute Gasteiger partial charge is 0.0142 e. The van der Waals surface area contributed by atoms with Gasteiger partial charge in [-0.15, -0.1) is 0 Å². The van der Waals surface area contributed by atoms with E-state index in [1.165, 1.54) is 37.9 Å². The minimum atomic E-state index is 0.696. The van der Waals surface area contributed by atoms with E-state index in [0.717, 1.165) is 24.3 Å². The van der Waals surface area contributed by atoms with E-state index in [0.29, 0.717) is 12.0 Å². The van der Waals surface area contributed by atoms with Crippen molar-refractivity contribution in [3.05, 3.63) is 35.9 Å². The molecule has 5 atom stereocenters. The molecule has 0 amide bonds. The summed E-state index contributed by atoms with van der Waals surface area (Å²) in [6.07, 6.45) is 3.90. The first-order valence-corrected chi connectivity index (χ1v) is 8.68. The van der Waals surface area contributed by atoms with Gasteiger partial charge in [0, 0.05) is 19.1 Å². The number of nitrogens with two attached hydrogens (primary N) is 1. The Morgan fingerprint density at radius 2 is 1.71 bits per heavy atom. The molecule has 1 aromatic carbocycles. The van der Waals surface area contributed by atoms with Gasteiger partial charge in [0.05, 0.1) is 0 Å². The number of rotatable bonds is 3. The van der Waals surface area contributed by atoms with E-state index in [1.807, 2.05) is 0 Å². The molecule has 2 fully saturated rings. The van der Waals surface area contributed by atoms with Gasteiger partial charge in [0.15, 0.2) is 0 Å². The maximum Gasteiger partial charge on any atom is 0.0142 e. The third kappa shape index (κ3) is 3.17. The van der Waals surface area contributed by atoms with Gasteiger partial charge in [0.1, 0.15) is 0 Å². The fraction of sp³-hybridized carbons (Fsp3) is 0.684. The molecule has 0 spiro atoms. The third-order valence-corrected chi connectivity index (χ3v) is 6.02. The molecule has 5 unspecified atom stereocenters. The van der Waals surface area contributed by atoms with Crippen LogP contribution in [0, 0.1) is 17.8 Å². The summed E-state index contributed by atoms with van der Waals surface area (Å²) < 4.78 is 0. The quantitative estimate of drug-likeness (QED) is 0.921. The Labute approximate surface area is 129 Å². The fourth-order valence-corrected chi connectivity index (χ4v) is 4.40. The summed E-state index contributed by atoms with van der Waals surface area (Å²) in [5.41, 5.74) is 7.61. The summed E-state index contributed by atoms with van der Waals surface area (Å²) in [5.74, 6) is 3.09. The number of nitrogens with zero attached hydrogens (tertiary/aromatic N) is 1. The molecule has 0 radical (unpaired) electrons. The lowest BCUT2D eigenvalue weighted by atomic mass is 9.75. The zero-order chi connectivity index (χ0) is 14.8. The highest BCUT2D eigenvalue weighted by molar-refractivity contribution is 5.20. The van der Waals surface area contributed by atoms with Gasteiger partial charge in [-0.25, -0.2) is 0 Å². The average Bonchev–Trinajstić information content (AvgIpc) is 2.87. The molecule has 2 aliphatic rings. The monoisotopic (exact) mass is 286 g/mol. The summed E-state index contributed by atoms with van der Waals surface area (Å²) >= 11 is 0. The van der Waals surface area contributed by atoms with Gasteiger partial charge in [-0.2, -0.15) is 0 Å². The molecule has 1 aliphatic heterocycles. The molecule has 1 saturated carbocycles. The molecule has 1 aliphatic carbocycles. The molecule has 0 bridgehead atoms. The van der Waals surface area contributed by atoms with Crippen molar-refractivity contribution >= 4 is 0 Å². The molecule has 2 heteroatoms. The maximum atomic E-state index is 6.09. The predicted molar refractivity (Wildman–Crippen MR) is 89.3 cm³/mol. The summed E-state index contributed by atoms with van der Waals surface area (Å²) in [4.78, 5) is 2.75. The molecule has 2 N–H and O–H groups in total. The summed E-state index contributed by atoms with van der Waals surface area (Å²) in [5, 5.41) is 0. The summed E-state index contributed by atoms with van der Waals surface area (Å²) in [6.45, 7) is 8.19. The standard InChI is InChI=1S/C19H30N2/c1-14-12-21(13-15(14)2)19-10-17(8-9-18(19)11-20)16-6-4-3-5-7-16/h3-7,14-15,17-19H,8-13,20H2,1-2H3. The number of likely N-dealkylation sites (tertiary alicyclic amines) is 1. The van der Waals surface area contributed by atoms with Gasteiger partial charge < -0.3 is 5.73 Å². The molecule has 0 aromatic heterocycles. The molecule has 2 nitrogen and oxygen atoms in total. The first kappa shape index (κ1) is 15.1. The van der Waals surface area contributed by atoms with E-state index < -0.39 is 0 Å². The zero-order valence-electron chi connectivity index (χ0n) is 13.5. The van der Waals surface area contributed by atoms with Crippen molar-refractivity contribution in [2.24, 2.45) is 23.5 Å². The molecule has 116 valence electrons. The molecule has 3 rings (SSSR count). The number of hydrogen-bond donors (Lipinski definition) is 1. The van der Waals surface area contributed by atoms with E-state index in [-0.39, 0.29) is 0 Å². The van der Waals surface area contributed by atoms with Crippen LogP contribution in [0.3, 0.4) is 0 Å². The summed E-state index contributed by atoms with van der Waals surface area (Å²) in [7, 11) is 0. The van der Waals surface area contributed by atoms with Crippen LogP contribution in [0.4, 0.5) is 0 Å². The Hall–Kier alpha value is -0.860. The largest absolute Gasteiger partial charge is 0.330 e. The van der Waals surface area contributed by atoms with Crippen LogP contribution in [-0.2, 0) is 0 Å². The van der Waals surface area contributed by atoms with E-state index in [4.69, 9.17) is 5.73 Å². The van der Waals surface area contributed by atoms with Crippen molar-refractivity contribution in [3.63, 3.8) is 0 Å². The van der Waals surface area contributed by atoms with Gasteiger partial charge in [-0.05, 0) is 55.0 Å². The minimum Gasteiger partial charge on any atom is -0.330 e.